The second kappa shape index (κ2) is 12.3. The van der Waals surface area contributed by atoms with Crippen molar-refractivity contribution in [2.75, 3.05) is 39.2 Å². The number of sulfonamides is 1. The van der Waals surface area contributed by atoms with Gasteiger partial charge in [0.05, 0.1) is 30.1 Å². The monoisotopic (exact) mass is 600 g/mol. The standard InChI is InChI=1S/C28H35Cl2FN2O5S/c1-4-39(35,36)32-27(34)24-14-23(19-5-6-19)26(15-25(24)31)38-16-18-7-9-33(10-8-18)28(2,17-37-3)20-11-21(29)13-22(30)12-20/h11-15,18-19H,4-10,16-17H2,1-3H3,(H,32,34)/t28-/m1/s1. The Morgan fingerprint density at radius 2 is 1.74 bits per heavy atom. The molecule has 0 unspecified atom stereocenters. The van der Waals surface area contributed by atoms with Crippen LogP contribution in [-0.4, -0.2) is 58.4 Å². The van der Waals surface area contributed by atoms with Crippen molar-refractivity contribution in [3.63, 3.8) is 0 Å². The normalized spacial score (nSPS) is 18.5. The van der Waals surface area contributed by atoms with Crippen molar-refractivity contribution in [2.45, 2.75) is 51.0 Å². The zero-order valence-electron chi connectivity index (χ0n) is 22.4. The van der Waals surface area contributed by atoms with E-state index in [1.807, 2.05) is 16.9 Å². The van der Waals surface area contributed by atoms with Crippen LogP contribution in [0, 0.1) is 11.7 Å². The summed E-state index contributed by atoms with van der Waals surface area (Å²) < 4.78 is 52.2. The first-order chi connectivity index (χ1) is 18.5. The van der Waals surface area contributed by atoms with Gasteiger partial charge in [0.25, 0.3) is 5.91 Å². The molecule has 7 nitrogen and oxygen atoms in total. The summed E-state index contributed by atoms with van der Waals surface area (Å²) in [6, 6.07) is 8.23. The van der Waals surface area contributed by atoms with E-state index in [1.165, 1.54) is 19.1 Å². The number of nitrogens with zero attached hydrogens (tertiary/aromatic N) is 1. The van der Waals surface area contributed by atoms with E-state index >= 15 is 0 Å². The van der Waals surface area contributed by atoms with Crippen LogP contribution < -0.4 is 9.46 Å². The zero-order valence-corrected chi connectivity index (χ0v) is 24.8. The number of carbonyl (C=O) groups is 1. The maximum atomic E-state index is 14.9. The van der Waals surface area contributed by atoms with Crippen molar-refractivity contribution in [1.29, 1.82) is 0 Å². The van der Waals surface area contributed by atoms with Crippen LogP contribution in [0.5, 0.6) is 5.75 Å². The second-order valence-corrected chi connectivity index (χ2v) is 13.5. The zero-order chi connectivity index (χ0) is 28.4. The smallest absolute Gasteiger partial charge is 0.267 e. The molecule has 1 saturated heterocycles. The molecule has 2 aliphatic rings. The van der Waals surface area contributed by atoms with Gasteiger partial charge in [-0.2, -0.15) is 0 Å². The Kier molecular flexibility index (Phi) is 9.49. The number of hydrogen-bond acceptors (Lipinski definition) is 6. The molecule has 1 saturated carbocycles. The SMILES string of the molecule is CCS(=O)(=O)NC(=O)c1cc(C2CC2)c(OCC2CCN([C@](C)(COC)c3cc(Cl)cc(Cl)c3)CC2)cc1F. The fraction of sp³-hybridized carbons (Fsp3) is 0.536. The lowest BCUT2D eigenvalue weighted by Gasteiger charge is -2.45. The topological polar surface area (TPSA) is 84.9 Å². The highest BCUT2D eigenvalue weighted by atomic mass is 35.5. The Bertz CT molecular complexity index is 1290. The third-order valence-corrected chi connectivity index (χ3v) is 9.38. The van der Waals surface area contributed by atoms with E-state index in [2.05, 4.69) is 11.8 Å². The number of piperidine rings is 1. The Morgan fingerprint density at radius 3 is 2.31 bits per heavy atom. The number of carbonyl (C=O) groups excluding carboxylic acids is 1. The van der Waals surface area contributed by atoms with Crippen molar-refractivity contribution in [3.05, 3.63) is 62.9 Å². The molecule has 0 spiro atoms. The van der Waals surface area contributed by atoms with Crippen molar-refractivity contribution >= 4 is 39.1 Å². The van der Waals surface area contributed by atoms with Gasteiger partial charge in [-0.1, -0.05) is 23.2 Å². The van der Waals surface area contributed by atoms with Crippen LogP contribution in [0.1, 0.15) is 66.9 Å². The lowest BCUT2D eigenvalue weighted by Crippen LogP contribution is -2.51. The average molecular weight is 602 g/mol. The summed E-state index contributed by atoms with van der Waals surface area (Å²) in [5.41, 5.74) is 1.06. The minimum atomic E-state index is -3.80. The van der Waals surface area contributed by atoms with Crippen LogP contribution in [0.25, 0.3) is 0 Å². The number of nitrogens with one attached hydrogen (secondary N) is 1. The van der Waals surface area contributed by atoms with Crippen LogP contribution in [0.15, 0.2) is 30.3 Å². The minimum absolute atomic E-state index is 0.177. The second-order valence-electron chi connectivity index (χ2n) is 10.6. The number of ether oxygens (including phenoxy) is 2. The highest BCUT2D eigenvalue weighted by molar-refractivity contribution is 7.90. The molecule has 1 aliphatic heterocycles. The summed E-state index contributed by atoms with van der Waals surface area (Å²) in [5, 5.41) is 1.16. The van der Waals surface area contributed by atoms with Gasteiger partial charge in [0.2, 0.25) is 10.0 Å². The van der Waals surface area contributed by atoms with E-state index in [9.17, 15) is 17.6 Å². The van der Waals surface area contributed by atoms with E-state index in [0.717, 1.165) is 49.9 Å². The molecule has 1 aliphatic carbocycles. The van der Waals surface area contributed by atoms with Crippen LogP contribution in [-0.2, 0) is 20.3 Å². The molecule has 1 atom stereocenters. The number of rotatable bonds is 11. The molecule has 4 rings (SSSR count). The van der Waals surface area contributed by atoms with E-state index in [-0.39, 0.29) is 23.2 Å². The van der Waals surface area contributed by atoms with E-state index < -0.39 is 27.3 Å². The first-order valence-corrected chi connectivity index (χ1v) is 15.6. The Labute approximate surface area is 240 Å². The van der Waals surface area contributed by atoms with Gasteiger partial charge in [-0.3, -0.25) is 9.69 Å². The minimum Gasteiger partial charge on any atom is -0.493 e. The van der Waals surface area contributed by atoms with Crippen LogP contribution in [0.2, 0.25) is 10.0 Å². The van der Waals surface area contributed by atoms with Crippen molar-refractivity contribution in [1.82, 2.24) is 9.62 Å². The van der Waals surface area contributed by atoms with Crippen LogP contribution >= 0.6 is 23.2 Å². The van der Waals surface area contributed by atoms with E-state index in [0.29, 0.717) is 29.0 Å². The third-order valence-electron chi connectivity index (χ3n) is 7.69. The van der Waals surface area contributed by atoms with Crippen LogP contribution in [0.4, 0.5) is 4.39 Å². The van der Waals surface area contributed by atoms with Gasteiger partial charge in [0, 0.05) is 23.2 Å². The number of amides is 1. The summed E-state index contributed by atoms with van der Waals surface area (Å²) in [7, 11) is -2.12. The molecule has 2 aromatic rings. The largest absolute Gasteiger partial charge is 0.493 e. The van der Waals surface area contributed by atoms with Gasteiger partial charge >= 0.3 is 0 Å². The van der Waals surface area contributed by atoms with Gasteiger partial charge in [0.15, 0.2) is 0 Å². The number of halogens is 3. The maximum Gasteiger partial charge on any atom is 0.267 e. The third kappa shape index (κ3) is 7.24. The molecule has 2 aromatic carbocycles. The molecular formula is C28H35Cl2FN2O5S. The molecule has 0 aromatic heterocycles. The Balaban J connectivity index is 1.43. The summed E-state index contributed by atoms with van der Waals surface area (Å²) in [6.45, 7) is 6.07. The fourth-order valence-corrected chi connectivity index (χ4v) is 6.22. The van der Waals surface area contributed by atoms with Crippen molar-refractivity contribution in [2.24, 2.45) is 5.92 Å². The molecule has 1 amide bonds. The van der Waals surface area contributed by atoms with Crippen molar-refractivity contribution < 1.29 is 27.1 Å². The molecule has 2 fully saturated rings. The van der Waals surface area contributed by atoms with Crippen LogP contribution in [0.3, 0.4) is 0 Å². The average Bonchev–Trinajstić information content (AvgIpc) is 3.72. The van der Waals surface area contributed by atoms with Crippen molar-refractivity contribution in [3.8, 4) is 5.75 Å². The number of hydrogen-bond donors (Lipinski definition) is 1. The fourth-order valence-electron chi connectivity index (χ4n) is 5.16. The first kappa shape index (κ1) is 30.1. The Hall–Kier alpha value is -1.91. The summed E-state index contributed by atoms with van der Waals surface area (Å²) in [4.78, 5) is 14.8. The molecular weight excluding hydrogens is 566 g/mol. The molecule has 214 valence electrons. The van der Waals surface area contributed by atoms with Gasteiger partial charge < -0.3 is 9.47 Å². The molecule has 39 heavy (non-hydrogen) atoms. The van der Waals surface area contributed by atoms with E-state index in [1.54, 1.807) is 13.2 Å². The number of likely N-dealkylation sites (tertiary alicyclic amines) is 1. The molecule has 11 heteroatoms. The highest BCUT2D eigenvalue weighted by Crippen LogP contribution is 2.45. The molecule has 1 N–H and O–H groups in total. The summed E-state index contributed by atoms with van der Waals surface area (Å²) in [5.74, 6) is -1.17. The van der Waals surface area contributed by atoms with Gasteiger partial charge in [0.1, 0.15) is 11.6 Å². The van der Waals surface area contributed by atoms with Gasteiger partial charge in [-0.25, -0.2) is 17.5 Å². The lowest BCUT2D eigenvalue weighted by atomic mass is 9.86. The summed E-state index contributed by atoms with van der Waals surface area (Å²) in [6.07, 6.45) is 3.59. The number of methoxy groups -OCH3 is 1. The maximum absolute atomic E-state index is 14.9. The molecule has 1 heterocycles. The molecule has 0 bridgehead atoms. The highest BCUT2D eigenvalue weighted by Gasteiger charge is 2.37. The summed E-state index contributed by atoms with van der Waals surface area (Å²) >= 11 is 12.6. The van der Waals surface area contributed by atoms with E-state index in [4.69, 9.17) is 32.7 Å². The predicted molar refractivity (Wildman–Crippen MR) is 151 cm³/mol. The predicted octanol–water partition coefficient (Wildman–Crippen LogP) is 5.74. The van der Waals surface area contributed by atoms with Gasteiger partial charge in [-0.15, -0.1) is 0 Å². The Morgan fingerprint density at radius 1 is 1.10 bits per heavy atom. The van der Waals surface area contributed by atoms with Gasteiger partial charge in [-0.05, 0) is 99.8 Å². The number of benzene rings is 2. The first-order valence-electron chi connectivity index (χ1n) is 13.2. The molecule has 0 radical (unpaired) electrons. The lowest BCUT2D eigenvalue weighted by molar-refractivity contribution is -0.00666. The quantitative estimate of drug-likeness (QED) is 0.354.